The first-order valence-corrected chi connectivity index (χ1v) is 5.99. The van der Waals surface area contributed by atoms with Crippen LogP contribution in [0.15, 0.2) is 12.1 Å². The van der Waals surface area contributed by atoms with E-state index >= 15 is 0 Å². The van der Waals surface area contributed by atoms with E-state index in [9.17, 15) is 4.79 Å². The SMILES string of the molecule is COc1cc(CC(=S)NNC(=O)O)cc(OC)c1OC. The molecule has 3 N–H and O–H groups in total. The van der Waals surface area contributed by atoms with Crippen molar-refractivity contribution in [3.8, 4) is 17.2 Å². The molecule has 0 aliphatic carbocycles. The van der Waals surface area contributed by atoms with Gasteiger partial charge in [-0.2, -0.15) is 0 Å². The summed E-state index contributed by atoms with van der Waals surface area (Å²) >= 11 is 5.02. The summed E-state index contributed by atoms with van der Waals surface area (Å²) in [4.78, 5) is 10.7. The number of hydrazine groups is 1. The van der Waals surface area contributed by atoms with Crippen molar-refractivity contribution in [1.82, 2.24) is 10.9 Å². The van der Waals surface area contributed by atoms with Gasteiger partial charge in [-0.1, -0.05) is 12.2 Å². The Morgan fingerprint density at radius 2 is 1.70 bits per heavy atom. The molecule has 110 valence electrons. The van der Waals surface area contributed by atoms with Crippen LogP contribution < -0.4 is 25.1 Å². The Labute approximate surface area is 121 Å². The highest BCUT2D eigenvalue weighted by atomic mass is 32.1. The van der Waals surface area contributed by atoms with E-state index < -0.39 is 6.09 Å². The van der Waals surface area contributed by atoms with E-state index in [1.54, 1.807) is 12.1 Å². The molecule has 8 heteroatoms. The number of ether oxygens (including phenoxy) is 3. The summed E-state index contributed by atoms with van der Waals surface area (Å²) in [5.41, 5.74) is 5.18. The number of rotatable bonds is 5. The molecule has 20 heavy (non-hydrogen) atoms. The van der Waals surface area contributed by atoms with Crippen LogP contribution in [0.1, 0.15) is 5.56 Å². The van der Waals surface area contributed by atoms with Crippen molar-refractivity contribution in [3.63, 3.8) is 0 Å². The lowest BCUT2D eigenvalue weighted by atomic mass is 10.1. The third-order valence-electron chi connectivity index (χ3n) is 2.40. The molecule has 0 aliphatic heterocycles. The second-order valence-electron chi connectivity index (χ2n) is 3.69. The number of carboxylic acid groups (broad SMARTS) is 1. The van der Waals surface area contributed by atoms with Crippen LogP contribution in [0, 0.1) is 0 Å². The quantitative estimate of drug-likeness (QED) is 0.559. The fourth-order valence-corrected chi connectivity index (χ4v) is 1.81. The Balaban J connectivity index is 2.90. The average Bonchev–Trinajstić information content (AvgIpc) is 2.43. The lowest BCUT2D eigenvalue weighted by molar-refractivity contribution is 0.192. The zero-order valence-corrected chi connectivity index (χ0v) is 12.2. The molecule has 0 aliphatic rings. The summed E-state index contributed by atoms with van der Waals surface area (Å²) < 4.78 is 15.7. The Bertz CT molecular complexity index is 482. The second kappa shape index (κ2) is 7.39. The van der Waals surface area contributed by atoms with Gasteiger partial charge in [-0.25, -0.2) is 10.2 Å². The summed E-state index contributed by atoms with van der Waals surface area (Å²) in [5.74, 6) is 1.51. The molecular weight excluding hydrogens is 284 g/mol. The van der Waals surface area contributed by atoms with Crippen LogP contribution in [0.2, 0.25) is 0 Å². The lowest BCUT2D eigenvalue weighted by Crippen LogP contribution is -2.40. The number of hydrogen-bond donors (Lipinski definition) is 3. The van der Waals surface area contributed by atoms with E-state index in [2.05, 4.69) is 5.43 Å². The van der Waals surface area contributed by atoms with Crippen molar-refractivity contribution in [2.75, 3.05) is 21.3 Å². The molecule has 0 spiro atoms. The number of thiocarbonyl (C=S) groups is 1. The second-order valence-corrected chi connectivity index (χ2v) is 4.18. The third-order valence-corrected chi connectivity index (χ3v) is 2.64. The smallest absolute Gasteiger partial charge is 0.423 e. The molecule has 0 heterocycles. The van der Waals surface area contributed by atoms with Gasteiger partial charge in [0.05, 0.1) is 26.3 Å². The predicted molar refractivity (Wildman–Crippen MR) is 76.7 cm³/mol. The van der Waals surface area contributed by atoms with Gasteiger partial charge in [0.25, 0.3) is 0 Å². The van der Waals surface area contributed by atoms with Crippen molar-refractivity contribution >= 4 is 23.3 Å². The monoisotopic (exact) mass is 300 g/mol. The highest BCUT2D eigenvalue weighted by Crippen LogP contribution is 2.38. The third kappa shape index (κ3) is 4.16. The van der Waals surface area contributed by atoms with Crippen LogP contribution in [-0.4, -0.2) is 37.5 Å². The summed E-state index contributed by atoms with van der Waals surface area (Å²) in [6.07, 6.45) is -0.885. The topological polar surface area (TPSA) is 89.1 Å². The molecule has 0 saturated heterocycles. The van der Waals surface area contributed by atoms with Crippen molar-refractivity contribution in [3.05, 3.63) is 17.7 Å². The fraction of sp³-hybridized carbons (Fsp3) is 0.333. The van der Waals surface area contributed by atoms with Crippen LogP contribution >= 0.6 is 12.2 Å². The first-order valence-electron chi connectivity index (χ1n) is 5.58. The zero-order chi connectivity index (χ0) is 15.1. The molecule has 0 radical (unpaired) electrons. The first-order chi connectivity index (χ1) is 9.51. The van der Waals surface area contributed by atoms with Gasteiger partial charge in [0.15, 0.2) is 11.5 Å². The molecular formula is C12H16N2O5S. The van der Waals surface area contributed by atoms with E-state index in [1.807, 2.05) is 5.43 Å². The molecule has 0 bridgehead atoms. The van der Waals surface area contributed by atoms with E-state index in [0.717, 1.165) is 5.56 Å². The standard InChI is InChI=1S/C12H16N2O5S/c1-17-8-4-7(5-9(18-2)11(8)19-3)6-10(20)13-14-12(15)16/h4-5,14H,6H2,1-3H3,(H,13,20)(H,15,16). The highest BCUT2D eigenvalue weighted by Gasteiger charge is 2.14. The number of carbonyl (C=O) groups is 1. The van der Waals surface area contributed by atoms with Crippen molar-refractivity contribution in [2.45, 2.75) is 6.42 Å². The number of amides is 1. The van der Waals surface area contributed by atoms with Crippen LogP contribution in [0.3, 0.4) is 0 Å². The van der Waals surface area contributed by atoms with Crippen molar-refractivity contribution < 1.29 is 24.1 Å². The average molecular weight is 300 g/mol. The maximum atomic E-state index is 10.4. The van der Waals surface area contributed by atoms with E-state index in [1.165, 1.54) is 21.3 Å². The van der Waals surface area contributed by atoms with Crippen LogP contribution in [0.4, 0.5) is 4.79 Å². The Hall–Kier alpha value is -2.22. The van der Waals surface area contributed by atoms with Gasteiger partial charge in [-0.15, -0.1) is 0 Å². The lowest BCUT2D eigenvalue weighted by Gasteiger charge is -2.14. The molecule has 1 rings (SSSR count). The minimum Gasteiger partial charge on any atom is -0.493 e. The van der Waals surface area contributed by atoms with E-state index in [4.69, 9.17) is 31.5 Å². The molecule has 7 nitrogen and oxygen atoms in total. The number of nitrogens with one attached hydrogen (secondary N) is 2. The van der Waals surface area contributed by atoms with Gasteiger partial charge in [0.2, 0.25) is 5.75 Å². The minimum absolute atomic E-state index is 0.321. The summed E-state index contributed by atoms with van der Waals surface area (Å²) in [6, 6.07) is 3.49. The van der Waals surface area contributed by atoms with Gasteiger partial charge >= 0.3 is 6.09 Å². The summed E-state index contributed by atoms with van der Waals surface area (Å²) in [7, 11) is 4.55. The Morgan fingerprint density at radius 3 is 2.10 bits per heavy atom. The molecule has 1 amide bonds. The number of benzene rings is 1. The number of methoxy groups -OCH3 is 3. The van der Waals surface area contributed by atoms with E-state index in [0.29, 0.717) is 28.7 Å². The summed E-state index contributed by atoms with van der Waals surface area (Å²) in [5, 5.41) is 8.47. The van der Waals surface area contributed by atoms with Crippen molar-refractivity contribution in [1.29, 1.82) is 0 Å². The molecule has 0 saturated carbocycles. The molecule has 0 fully saturated rings. The highest BCUT2D eigenvalue weighted by molar-refractivity contribution is 7.80. The van der Waals surface area contributed by atoms with Gasteiger partial charge in [0.1, 0.15) is 0 Å². The zero-order valence-electron chi connectivity index (χ0n) is 11.4. The van der Waals surface area contributed by atoms with Gasteiger partial charge in [0, 0.05) is 6.42 Å². The first kappa shape index (κ1) is 15.8. The molecule has 0 aromatic heterocycles. The number of hydrogen-bond acceptors (Lipinski definition) is 5. The van der Waals surface area contributed by atoms with Crippen LogP contribution in [-0.2, 0) is 6.42 Å². The van der Waals surface area contributed by atoms with Gasteiger partial charge < -0.3 is 19.3 Å². The maximum absolute atomic E-state index is 10.4. The molecule has 0 atom stereocenters. The molecule has 0 unspecified atom stereocenters. The Kier molecular flexibility index (Phi) is 5.85. The normalized spacial score (nSPS) is 9.55. The minimum atomic E-state index is -1.21. The van der Waals surface area contributed by atoms with Gasteiger partial charge in [-0.05, 0) is 17.7 Å². The largest absolute Gasteiger partial charge is 0.493 e. The summed E-state index contributed by atoms with van der Waals surface area (Å²) in [6.45, 7) is 0. The molecule has 1 aromatic carbocycles. The van der Waals surface area contributed by atoms with Crippen LogP contribution in [0.25, 0.3) is 0 Å². The van der Waals surface area contributed by atoms with Crippen LogP contribution in [0.5, 0.6) is 17.2 Å². The van der Waals surface area contributed by atoms with E-state index in [-0.39, 0.29) is 0 Å². The molecule has 1 aromatic rings. The maximum Gasteiger partial charge on any atom is 0.423 e. The fourth-order valence-electron chi connectivity index (χ4n) is 1.59. The predicted octanol–water partition coefficient (Wildman–Crippen LogP) is 1.35. The van der Waals surface area contributed by atoms with Gasteiger partial charge in [-0.3, -0.25) is 5.43 Å². The Morgan fingerprint density at radius 1 is 1.15 bits per heavy atom. The van der Waals surface area contributed by atoms with Crippen molar-refractivity contribution in [2.24, 2.45) is 0 Å².